The SMILES string of the molecule is Cc1ccc(-c2nc3ccc(C(=O)OCC(=O)NCc4ccc5c(c4)OCO5)cc3nc2-c2ccc(C)cc2)cc1. The number of fused-ring (bicyclic) bond motifs is 2. The number of amides is 1. The van der Waals surface area contributed by atoms with Crippen LogP contribution in [0.15, 0.2) is 84.9 Å². The molecule has 1 aliphatic rings. The Kier molecular flexibility index (Phi) is 7.04. The van der Waals surface area contributed by atoms with Crippen LogP contribution in [0.5, 0.6) is 11.5 Å². The summed E-state index contributed by atoms with van der Waals surface area (Å²) in [7, 11) is 0. The molecule has 0 atom stereocenters. The van der Waals surface area contributed by atoms with Gasteiger partial charge >= 0.3 is 5.97 Å². The van der Waals surface area contributed by atoms with E-state index in [1.165, 1.54) is 0 Å². The van der Waals surface area contributed by atoms with Gasteiger partial charge in [-0.2, -0.15) is 0 Å². The van der Waals surface area contributed by atoms with Crippen molar-refractivity contribution in [1.82, 2.24) is 15.3 Å². The molecule has 5 aromatic rings. The molecule has 1 aromatic heterocycles. The van der Waals surface area contributed by atoms with Crippen LogP contribution in [0.1, 0.15) is 27.0 Å². The molecule has 1 N–H and O–H groups in total. The molecule has 2 heterocycles. The van der Waals surface area contributed by atoms with E-state index in [1.54, 1.807) is 30.3 Å². The van der Waals surface area contributed by atoms with E-state index >= 15 is 0 Å². The van der Waals surface area contributed by atoms with Crippen molar-refractivity contribution < 1.29 is 23.8 Å². The van der Waals surface area contributed by atoms with Crippen LogP contribution in [0, 0.1) is 13.8 Å². The first-order valence-corrected chi connectivity index (χ1v) is 13.2. The van der Waals surface area contributed by atoms with Crippen molar-refractivity contribution in [2.45, 2.75) is 20.4 Å². The molecule has 1 aliphatic heterocycles. The van der Waals surface area contributed by atoms with Gasteiger partial charge in [-0.25, -0.2) is 14.8 Å². The summed E-state index contributed by atoms with van der Waals surface area (Å²) in [6.07, 6.45) is 0. The van der Waals surface area contributed by atoms with Gasteiger partial charge in [-0.05, 0) is 49.7 Å². The highest BCUT2D eigenvalue weighted by molar-refractivity contribution is 5.96. The Labute approximate surface area is 236 Å². The molecule has 0 aliphatic carbocycles. The first kappa shape index (κ1) is 26.0. The molecule has 1 amide bonds. The van der Waals surface area contributed by atoms with Crippen LogP contribution >= 0.6 is 0 Å². The van der Waals surface area contributed by atoms with Crippen LogP contribution in [0.25, 0.3) is 33.5 Å². The van der Waals surface area contributed by atoms with E-state index in [0.29, 0.717) is 22.5 Å². The number of carbonyl (C=O) groups excluding carboxylic acids is 2. The van der Waals surface area contributed by atoms with Crippen LogP contribution < -0.4 is 14.8 Å². The van der Waals surface area contributed by atoms with Crippen molar-refractivity contribution in [3.05, 3.63) is 107 Å². The maximum Gasteiger partial charge on any atom is 0.338 e. The van der Waals surface area contributed by atoms with Gasteiger partial charge in [0.25, 0.3) is 5.91 Å². The maximum absolute atomic E-state index is 12.8. The number of aryl methyl sites for hydroxylation is 2. The predicted octanol–water partition coefficient (Wildman–Crippen LogP) is 5.78. The lowest BCUT2D eigenvalue weighted by Crippen LogP contribution is -2.28. The lowest BCUT2D eigenvalue weighted by atomic mass is 10.0. The van der Waals surface area contributed by atoms with Crippen LogP contribution in [0.4, 0.5) is 0 Å². The lowest BCUT2D eigenvalue weighted by molar-refractivity contribution is -0.124. The summed E-state index contributed by atoms with van der Waals surface area (Å²) in [4.78, 5) is 35.0. The third-order valence-electron chi connectivity index (χ3n) is 6.81. The Bertz CT molecular complexity index is 1770. The minimum atomic E-state index is -0.619. The number of esters is 1. The predicted molar refractivity (Wildman–Crippen MR) is 155 cm³/mol. The summed E-state index contributed by atoms with van der Waals surface area (Å²) in [5.41, 5.74) is 7.99. The highest BCUT2D eigenvalue weighted by Gasteiger charge is 2.17. The third-order valence-corrected chi connectivity index (χ3v) is 6.81. The molecule has 8 heteroatoms. The Morgan fingerprint density at radius 3 is 2.07 bits per heavy atom. The molecule has 0 radical (unpaired) electrons. The van der Waals surface area contributed by atoms with Gasteiger partial charge in [0, 0.05) is 17.7 Å². The monoisotopic (exact) mass is 545 g/mol. The fourth-order valence-corrected chi connectivity index (χ4v) is 4.52. The van der Waals surface area contributed by atoms with Gasteiger partial charge < -0.3 is 19.5 Å². The summed E-state index contributed by atoms with van der Waals surface area (Å²) in [6, 6.07) is 26.7. The quantitative estimate of drug-likeness (QED) is 0.259. The van der Waals surface area contributed by atoms with Gasteiger partial charge in [0.05, 0.1) is 28.0 Å². The van der Waals surface area contributed by atoms with Crippen molar-refractivity contribution in [2.75, 3.05) is 13.4 Å². The molecular formula is C33H27N3O5. The van der Waals surface area contributed by atoms with E-state index in [2.05, 4.69) is 5.32 Å². The first-order valence-electron chi connectivity index (χ1n) is 13.2. The highest BCUT2D eigenvalue weighted by Crippen LogP contribution is 2.33. The van der Waals surface area contributed by atoms with E-state index in [0.717, 1.165) is 39.2 Å². The molecular weight excluding hydrogens is 518 g/mol. The van der Waals surface area contributed by atoms with Crippen LogP contribution in [-0.4, -0.2) is 35.2 Å². The molecule has 0 saturated carbocycles. The van der Waals surface area contributed by atoms with Crippen molar-refractivity contribution in [2.24, 2.45) is 0 Å². The smallest absolute Gasteiger partial charge is 0.338 e. The average Bonchev–Trinajstić information content (AvgIpc) is 3.47. The van der Waals surface area contributed by atoms with E-state index in [4.69, 9.17) is 24.2 Å². The zero-order valence-electron chi connectivity index (χ0n) is 22.6. The number of aromatic nitrogens is 2. The Morgan fingerprint density at radius 2 is 1.39 bits per heavy atom. The summed E-state index contributed by atoms with van der Waals surface area (Å²) >= 11 is 0. The molecule has 0 unspecified atom stereocenters. The molecule has 0 spiro atoms. The zero-order valence-corrected chi connectivity index (χ0v) is 22.6. The van der Waals surface area contributed by atoms with Crippen LogP contribution in [-0.2, 0) is 16.1 Å². The van der Waals surface area contributed by atoms with Gasteiger partial charge in [0.2, 0.25) is 6.79 Å². The number of nitrogens with one attached hydrogen (secondary N) is 1. The Balaban J connectivity index is 1.19. The van der Waals surface area contributed by atoms with Gasteiger partial charge in [0.1, 0.15) is 0 Å². The second-order valence-corrected chi connectivity index (χ2v) is 9.90. The van der Waals surface area contributed by atoms with Gasteiger partial charge in [0.15, 0.2) is 18.1 Å². The summed E-state index contributed by atoms with van der Waals surface area (Å²) in [6.45, 7) is 4.12. The van der Waals surface area contributed by atoms with Crippen LogP contribution in [0.3, 0.4) is 0 Å². The average molecular weight is 546 g/mol. The van der Waals surface area contributed by atoms with Crippen molar-refractivity contribution in [3.8, 4) is 34.0 Å². The van der Waals surface area contributed by atoms with Crippen molar-refractivity contribution >= 4 is 22.9 Å². The minimum Gasteiger partial charge on any atom is -0.454 e. The second kappa shape index (κ2) is 11.1. The fourth-order valence-electron chi connectivity index (χ4n) is 4.52. The summed E-state index contributed by atoms with van der Waals surface area (Å²) in [5, 5.41) is 2.75. The summed E-state index contributed by atoms with van der Waals surface area (Å²) < 4.78 is 16.0. The van der Waals surface area contributed by atoms with Gasteiger partial charge in [-0.15, -0.1) is 0 Å². The van der Waals surface area contributed by atoms with Crippen LogP contribution in [0.2, 0.25) is 0 Å². The lowest BCUT2D eigenvalue weighted by Gasteiger charge is -2.12. The fraction of sp³-hybridized carbons (Fsp3) is 0.152. The van der Waals surface area contributed by atoms with E-state index in [-0.39, 0.29) is 18.9 Å². The highest BCUT2D eigenvalue weighted by atomic mass is 16.7. The topological polar surface area (TPSA) is 99.6 Å². The molecule has 6 rings (SSSR count). The number of hydrogen-bond donors (Lipinski definition) is 1. The first-order chi connectivity index (χ1) is 19.9. The molecule has 4 aromatic carbocycles. The number of carbonyl (C=O) groups is 2. The number of benzene rings is 4. The Morgan fingerprint density at radius 1 is 0.756 bits per heavy atom. The normalized spacial score (nSPS) is 11.9. The standard InChI is InChI=1S/C33H27N3O5/c1-20-3-8-23(9-4-20)31-32(24-10-5-21(2)6-11-24)36-27-16-25(12-13-26(27)35-31)33(38)39-18-30(37)34-17-22-7-14-28-29(15-22)41-19-40-28/h3-16H,17-19H2,1-2H3,(H,34,37). The molecule has 0 bridgehead atoms. The molecule has 8 nitrogen and oxygen atoms in total. The van der Waals surface area contributed by atoms with Crippen molar-refractivity contribution in [3.63, 3.8) is 0 Å². The van der Waals surface area contributed by atoms with Crippen molar-refractivity contribution in [1.29, 1.82) is 0 Å². The number of hydrogen-bond acceptors (Lipinski definition) is 7. The molecule has 0 saturated heterocycles. The number of nitrogens with zero attached hydrogens (tertiary/aromatic N) is 2. The second-order valence-electron chi connectivity index (χ2n) is 9.90. The minimum absolute atomic E-state index is 0.183. The molecule has 41 heavy (non-hydrogen) atoms. The van der Waals surface area contributed by atoms with Gasteiger partial charge in [-0.3, -0.25) is 4.79 Å². The molecule has 0 fully saturated rings. The number of rotatable bonds is 7. The Hall–Kier alpha value is -5.24. The van der Waals surface area contributed by atoms with Gasteiger partial charge in [-0.1, -0.05) is 65.7 Å². The molecule has 204 valence electrons. The number of ether oxygens (including phenoxy) is 3. The largest absolute Gasteiger partial charge is 0.454 e. The zero-order chi connectivity index (χ0) is 28.3. The van der Waals surface area contributed by atoms with E-state index in [1.807, 2.05) is 68.4 Å². The third kappa shape index (κ3) is 5.72. The van der Waals surface area contributed by atoms with E-state index in [9.17, 15) is 9.59 Å². The van der Waals surface area contributed by atoms with E-state index < -0.39 is 18.5 Å². The maximum atomic E-state index is 12.8. The summed E-state index contributed by atoms with van der Waals surface area (Å²) in [5.74, 6) is 0.276.